The number of amides is 2. The molecule has 156 valence electrons. The van der Waals surface area contributed by atoms with E-state index in [1.807, 2.05) is 48.7 Å². The lowest BCUT2D eigenvalue weighted by Crippen LogP contribution is -2.19. The second-order valence-corrected chi connectivity index (χ2v) is 7.35. The van der Waals surface area contributed by atoms with Gasteiger partial charge in [0.1, 0.15) is 5.75 Å². The summed E-state index contributed by atoms with van der Waals surface area (Å²) in [6, 6.07) is 16.1. The molecular formula is C21H23N5O3S. The van der Waals surface area contributed by atoms with Crippen molar-refractivity contribution in [2.24, 2.45) is 5.73 Å². The maximum absolute atomic E-state index is 12.4. The van der Waals surface area contributed by atoms with Gasteiger partial charge in [-0.05, 0) is 38.1 Å². The van der Waals surface area contributed by atoms with Gasteiger partial charge in [-0.15, -0.1) is 10.2 Å². The molecular weight excluding hydrogens is 402 g/mol. The SMILES string of the molecule is CCn1c(SCC(=O)Nc2ccccc2C(N)=O)nnc1C(C)Oc1ccccc1. The van der Waals surface area contributed by atoms with Gasteiger partial charge in [-0.1, -0.05) is 42.1 Å². The average molecular weight is 426 g/mol. The van der Waals surface area contributed by atoms with Crippen LogP contribution in [0.25, 0.3) is 0 Å². The number of para-hydroxylation sites is 2. The smallest absolute Gasteiger partial charge is 0.250 e. The number of anilines is 1. The van der Waals surface area contributed by atoms with Crippen molar-refractivity contribution in [3.8, 4) is 5.75 Å². The summed E-state index contributed by atoms with van der Waals surface area (Å²) in [6.07, 6.45) is -0.300. The standard InChI is InChI=1S/C21H23N5O3S/c1-3-26-20(14(2)29-15-9-5-4-6-10-15)24-25-21(26)30-13-18(27)23-17-12-8-7-11-16(17)19(22)28/h4-12,14H,3,13H2,1-2H3,(H2,22,28)(H,23,27). The highest BCUT2D eigenvalue weighted by Crippen LogP contribution is 2.24. The summed E-state index contributed by atoms with van der Waals surface area (Å²) in [5.74, 6) is 0.676. The zero-order chi connectivity index (χ0) is 21.5. The van der Waals surface area contributed by atoms with Gasteiger partial charge in [0.15, 0.2) is 17.1 Å². The van der Waals surface area contributed by atoms with E-state index in [0.717, 1.165) is 5.75 Å². The van der Waals surface area contributed by atoms with Crippen LogP contribution in [0.4, 0.5) is 5.69 Å². The Hall–Kier alpha value is -3.33. The number of nitrogens with zero attached hydrogens (tertiary/aromatic N) is 3. The van der Waals surface area contributed by atoms with Crippen LogP contribution >= 0.6 is 11.8 Å². The Balaban J connectivity index is 1.65. The van der Waals surface area contributed by atoms with Crippen molar-refractivity contribution in [2.75, 3.05) is 11.1 Å². The third kappa shape index (κ3) is 5.18. The predicted octanol–water partition coefficient (Wildman–Crippen LogP) is 3.27. The third-order valence-corrected chi connectivity index (χ3v) is 5.25. The maximum atomic E-state index is 12.4. The maximum Gasteiger partial charge on any atom is 0.250 e. The van der Waals surface area contributed by atoms with Crippen molar-refractivity contribution in [3.05, 3.63) is 66.0 Å². The zero-order valence-corrected chi connectivity index (χ0v) is 17.6. The van der Waals surface area contributed by atoms with Crippen molar-refractivity contribution < 1.29 is 14.3 Å². The first kappa shape index (κ1) is 21.4. The molecule has 3 rings (SSSR count). The quantitative estimate of drug-likeness (QED) is 0.509. The average Bonchev–Trinajstić information content (AvgIpc) is 3.16. The number of carbonyl (C=O) groups excluding carboxylic acids is 2. The number of aromatic nitrogens is 3. The summed E-state index contributed by atoms with van der Waals surface area (Å²) in [5, 5.41) is 11.8. The molecule has 2 amide bonds. The number of primary amides is 1. The van der Waals surface area contributed by atoms with Gasteiger partial charge >= 0.3 is 0 Å². The first-order chi connectivity index (χ1) is 14.5. The summed E-state index contributed by atoms with van der Waals surface area (Å²) in [5.41, 5.74) is 6.00. The van der Waals surface area contributed by atoms with E-state index >= 15 is 0 Å². The molecule has 0 spiro atoms. The largest absolute Gasteiger partial charge is 0.483 e. The van der Waals surface area contributed by atoms with Crippen LogP contribution < -0.4 is 15.8 Å². The summed E-state index contributed by atoms with van der Waals surface area (Å²) < 4.78 is 7.86. The van der Waals surface area contributed by atoms with E-state index < -0.39 is 5.91 Å². The molecule has 1 atom stereocenters. The minimum absolute atomic E-state index is 0.110. The predicted molar refractivity (Wildman–Crippen MR) is 115 cm³/mol. The molecule has 0 aliphatic rings. The normalized spacial score (nSPS) is 11.7. The highest BCUT2D eigenvalue weighted by atomic mass is 32.2. The fraction of sp³-hybridized carbons (Fsp3) is 0.238. The Morgan fingerprint density at radius 3 is 2.53 bits per heavy atom. The summed E-state index contributed by atoms with van der Waals surface area (Å²) in [4.78, 5) is 23.9. The molecule has 0 saturated heterocycles. The van der Waals surface area contributed by atoms with Crippen LogP contribution in [-0.2, 0) is 11.3 Å². The number of carbonyl (C=O) groups is 2. The molecule has 2 aromatic carbocycles. The Morgan fingerprint density at radius 2 is 1.83 bits per heavy atom. The molecule has 3 N–H and O–H groups in total. The lowest BCUT2D eigenvalue weighted by Gasteiger charge is -2.15. The fourth-order valence-electron chi connectivity index (χ4n) is 2.88. The molecule has 1 aromatic heterocycles. The molecule has 1 unspecified atom stereocenters. The van der Waals surface area contributed by atoms with Gasteiger partial charge in [-0.3, -0.25) is 9.59 Å². The molecule has 8 nitrogen and oxygen atoms in total. The van der Waals surface area contributed by atoms with E-state index in [1.54, 1.807) is 24.3 Å². The van der Waals surface area contributed by atoms with Gasteiger partial charge < -0.3 is 20.4 Å². The van der Waals surface area contributed by atoms with Gasteiger partial charge in [0.05, 0.1) is 17.0 Å². The van der Waals surface area contributed by atoms with Gasteiger partial charge in [-0.2, -0.15) is 0 Å². The molecule has 0 fully saturated rings. The zero-order valence-electron chi connectivity index (χ0n) is 16.7. The molecule has 1 heterocycles. The highest BCUT2D eigenvalue weighted by Gasteiger charge is 2.19. The second-order valence-electron chi connectivity index (χ2n) is 6.40. The Bertz CT molecular complexity index is 1020. The van der Waals surface area contributed by atoms with Gasteiger partial charge in [0.2, 0.25) is 5.91 Å². The Kier molecular flexibility index (Phi) is 7.08. The van der Waals surface area contributed by atoms with Crippen LogP contribution in [0.3, 0.4) is 0 Å². The van der Waals surface area contributed by atoms with Crippen molar-refractivity contribution in [2.45, 2.75) is 31.7 Å². The summed E-state index contributed by atoms with van der Waals surface area (Å²) in [6.45, 7) is 4.53. The molecule has 0 aliphatic carbocycles. The number of nitrogens with one attached hydrogen (secondary N) is 1. The van der Waals surface area contributed by atoms with Gasteiger partial charge in [0.25, 0.3) is 5.91 Å². The number of ether oxygens (including phenoxy) is 1. The lowest BCUT2D eigenvalue weighted by molar-refractivity contribution is -0.113. The van der Waals surface area contributed by atoms with Crippen molar-refractivity contribution >= 4 is 29.3 Å². The van der Waals surface area contributed by atoms with Crippen LogP contribution in [0, 0.1) is 0 Å². The second kappa shape index (κ2) is 9.93. The van der Waals surface area contributed by atoms with Crippen LogP contribution in [0.5, 0.6) is 5.75 Å². The van der Waals surface area contributed by atoms with E-state index in [9.17, 15) is 9.59 Å². The van der Waals surface area contributed by atoms with Gasteiger partial charge in [-0.25, -0.2) is 0 Å². The number of hydrogen-bond donors (Lipinski definition) is 2. The van der Waals surface area contributed by atoms with Crippen molar-refractivity contribution in [1.82, 2.24) is 14.8 Å². The molecule has 0 saturated carbocycles. The molecule has 0 bridgehead atoms. The summed E-state index contributed by atoms with van der Waals surface area (Å²) >= 11 is 1.26. The highest BCUT2D eigenvalue weighted by molar-refractivity contribution is 7.99. The first-order valence-corrected chi connectivity index (χ1v) is 10.4. The van der Waals surface area contributed by atoms with Crippen LogP contribution in [0.15, 0.2) is 59.8 Å². The number of thioether (sulfide) groups is 1. The van der Waals surface area contributed by atoms with E-state index in [4.69, 9.17) is 10.5 Å². The van der Waals surface area contributed by atoms with Crippen LogP contribution in [0.2, 0.25) is 0 Å². The van der Waals surface area contributed by atoms with E-state index in [-0.39, 0.29) is 23.3 Å². The van der Waals surface area contributed by atoms with E-state index in [1.165, 1.54) is 11.8 Å². The van der Waals surface area contributed by atoms with Gasteiger partial charge in [0, 0.05) is 6.54 Å². The van der Waals surface area contributed by atoms with E-state index in [0.29, 0.717) is 23.2 Å². The van der Waals surface area contributed by atoms with E-state index in [2.05, 4.69) is 15.5 Å². The van der Waals surface area contributed by atoms with Crippen molar-refractivity contribution in [3.63, 3.8) is 0 Å². The van der Waals surface area contributed by atoms with Crippen LogP contribution in [0.1, 0.15) is 36.1 Å². The van der Waals surface area contributed by atoms with Crippen LogP contribution in [-0.4, -0.2) is 32.3 Å². The molecule has 0 radical (unpaired) electrons. The topological polar surface area (TPSA) is 112 Å². The number of nitrogens with two attached hydrogens (primary N) is 1. The Labute approximate surface area is 178 Å². The lowest BCUT2D eigenvalue weighted by atomic mass is 10.1. The molecule has 3 aromatic rings. The first-order valence-electron chi connectivity index (χ1n) is 9.45. The minimum atomic E-state index is -0.596. The summed E-state index contributed by atoms with van der Waals surface area (Å²) in [7, 11) is 0. The Morgan fingerprint density at radius 1 is 1.13 bits per heavy atom. The third-order valence-electron chi connectivity index (χ3n) is 4.28. The molecule has 0 aliphatic heterocycles. The fourth-order valence-corrected chi connectivity index (χ4v) is 3.69. The number of rotatable bonds is 9. The molecule has 9 heteroatoms. The minimum Gasteiger partial charge on any atom is -0.483 e. The molecule has 30 heavy (non-hydrogen) atoms. The monoisotopic (exact) mass is 425 g/mol. The number of hydrogen-bond acceptors (Lipinski definition) is 6. The number of benzene rings is 2. The van der Waals surface area contributed by atoms with Crippen molar-refractivity contribution in [1.29, 1.82) is 0 Å².